The van der Waals surface area contributed by atoms with Crippen molar-refractivity contribution < 1.29 is 8.42 Å². The zero-order valence-electron chi connectivity index (χ0n) is 19.8. The van der Waals surface area contributed by atoms with Crippen LogP contribution in [0.5, 0.6) is 0 Å². The normalized spacial score (nSPS) is 23.2. The molecule has 35 heavy (non-hydrogen) atoms. The third-order valence-electron chi connectivity index (χ3n) is 6.98. The molecular weight excluding hydrogens is 460 g/mol. The quantitative estimate of drug-likeness (QED) is 0.444. The predicted molar refractivity (Wildman–Crippen MR) is 140 cm³/mol. The van der Waals surface area contributed by atoms with E-state index in [0.29, 0.717) is 10.9 Å². The second kappa shape index (κ2) is 8.60. The predicted octanol–water partition coefficient (Wildman–Crippen LogP) is 4.45. The van der Waals surface area contributed by atoms with Gasteiger partial charge in [-0.2, -0.15) is 5.10 Å². The van der Waals surface area contributed by atoms with E-state index in [1.165, 1.54) is 0 Å². The third-order valence-corrected chi connectivity index (χ3v) is 7.89. The lowest BCUT2D eigenvalue weighted by Crippen LogP contribution is -2.36. The number of aromatic nitrogens is 2. The summed E-state index contributed by atoms with van der Waals surface area (Å²) in [6.07, 6.45) is 15.9. The first-order chi connectivity index (χ1) is 16.8. The van der Waals surface area contributed by atoms with E-state index in [4.69, 9.17) is 5.14 Å². The molecule has 2 aliphatic rings. The summed E-state index contributed by atoms with van der Waals surface area (Å²) in [5.41, 5.74) is 5.45. The molecule has 4 N–H and O–H groups in total. The summed E-state index contributed by atoms with van der Waals surface area (Å²) >= 11 is 0. The van der Waals surface area contributed by atoms with Gasteiger partial charge in [-0.1, -0.05) is 31.6 Å². The minimum absolute atomic E-state index is 0.109. The molecule has 0 aliphatic carbocycles. The number of aryl methyl sites for hydroxylation is 1. The molecule has 2 atom stereocenters. The average Bonchev–Trinajstić information content (AvgIpc) is 3.40. The second-order valence-electron chi connectivity index (χ2n) is 9.18. The number of hydrogen-bond donors (Lipinski definition) is 3. The zero-order chi connectivity index (χ0) is 24.7. The Morgan fingerprint density at radius 3 is 2.74 bits per heavy atom. The lowest BCUT2D eigenvalue weighted by molar-refractivity contribution is 0.596. The highest BCUT2D eigenvalue weighted by Crippen LogP contribution is 2.45. The molecule has 2 unspecified atom stereocenters. The number of aromatic amines is 1. The number of aliphatic imine (C=N–C) groups is 1. The summed E-state index contributed by atoms with van der Waals surface area (Å²) in [7, 11) is -1.75. The highest BCUT2D eigenvalue weighted by molar-refractivity contribution is 7.89. The Hall–Kier alpha value is -3.53. The Balaban J connectivity index is 1.71. The number of quaternary nitrogens is 1. The van der Waals surface area contributed by atoms with Crippen LogP contribution in [0, 0.1) is 0 Å². The smallest absolute Gasteiger partial charge is 0.238 e. The van der Waals surface area contributed by atoms with Gasteiger partial charge < -0.3 is 5.32 Å². The van der Waals surface area contributed by atoms with Crippen LogP contribution in [0.4, 0.5) is 17.1 Å². The Bertz CT molecular complexity index is 1460. The topological polar surface area (TPSA) is 113 Å². The van der Waals surface area contributed by atoms with Crippen molar-refractivity contribution in [3.05, 3.63) is 90.2 Å². The minimum atomic E-state index is -3.85. The van der Waals surface area contributed by atoms with Crippen LogP contribution in [-0.2, 0) is 21.9 Å². The molecule has 3 aromatic rings. The van der Waals surface area contributed by atoms with Crippen LogP contribution in [0.1, 0.15) is 36.5 Å². The number of nitrogens with two attached hydrogens (primary N) is 1. The number of rotatable bonds is 6. The van der Waals surface area contributed by atoms with Gasteiger partial charge in [0.2, 0.25) is 10.0 Å². The number of benzene rings is 2. The molecule has 180 valence electrons. The third kappa shape index (κ3) is 3.91. The summed E-state index contributed by atoms with van der Waals surface area (Å²) in [6.45, 7) is 2.11. The van der Waals surface area contributed by atoms with Crippen molar-refractivity contribution in [2.45, 2.75) is 36.5 Å². The molecule has 0 bridgehead atoms. The van der Waals surface area contributed by atoms with Gasteiger partial charge >= 0.3 is 0 Å². The lowest BCUT2D eigenvalue weighted by atomic mass is 9.70. The molecule has 0 amide bonds. The minimum Gasteiger partial charge on any atom is -0.352 e. The van der Waals surface area contributed by atoms with Crippen LogP contribution in [-0.4, -0.2) is 31.9 Å². The van der Waals surface area contributed by atoms with Gasteiger partial charge in [-0.05, 0) is 47.7 Å². The van der Waals surface area contributed by atoms with Crippen LogP contribution in [0.2, 0.25) is 0 Å². The molecule has 0 fully saturated rings. The van der Waals surface area contributed by atoms with Gasteiger partial charge in [0, 0.05) is 18.5 Å². The van der Waals surface area contributed by atoms with E-state index < -0.39 is 15.4 Å². The van der Waals surface area contributed by atoms with Gasteiger partial charge in [-0.25, -0.2) is 18.0 Å². The van der Waals surface area contributed by atoms with E-state index in [1.54, 1.807) is 18.3 Å². The van der Waals surface area contributed by atoms with Gasteiger partial charge in [-0.3, -0.25) is 10.1 Å². The van der Waals surface area contributed by atoms with Crippen molar-refractivity contribution in [1.29, 1.82) is 0 Å². The SMILES string of the molecule is CCCc1ccc(S(N)(=O)=O)cc1C1(c2ccc3c(c2)NC=C[N+]3(C)c2cn[nH]c2)C=NC=CC1. The number of anilines is 1. The van der Waals surface area contributed by atoms with Crippen molar-refractivity contribution in [3.63, 3.8) is 0 Å². The fourth-order valence-corrected chi connectivity index (χ4v) is 5.64. The van der Waals surface area contributed by atoms with Crippen molar-refractivity contribution >= 4 is 33.3 Å². The molecule has 0 radical (unpaired) electrons. The fourth-order valence-electron chi connectivity index (χ4n) is 5.10. The lowest BCUT2D eigenvalue weighted by Gasteiger charge is -2.36. The Labute approximate surface area is 205 Å². The first-order valence-corrected chi connectivity index (χ1v) is 13.1. The standard InChI is InChI=1S/C26H29N6O2S/c1-3-5-19-6-8-22(35(27,33)34)15-23(19)26(10-4-11-28-18-26)20-7-9-25-24(14-20)29-12-13-32(25,2)21-16-30-31-17-21/h4,6-9,11-18,29H,3,5,10H2,1-2H3,(H,30,31)(H2,27,33,34)/q+1. The number of nitrogens with one attached hydrogen (secondary N) is 2. The molecule has 0 saturated heterocycles. The molecule has 3 heterocycles. The monoisotopic (exact) mass is 489 g/mol. The molecule has 0 spiro atoms. The van der Waals surface area contributed by atoms with E-state index in [9.17, 15) is 8.42 Å². The van der Waals surface area contributed by atoms with E-state index in [0.717, 1.165) is 46.6 Å². The van der Waals surface area contributed by atoms with E-state index in [2.05, 4.69) is 58.9 Å². The Morgan fingerprint density at radius 2 is 2.06 bits per heavy atom. The molecule has 2 aromatic carbocycles. The van der Waals surface area contributed by atoms with E-state index >= 15 is 0 Å². The van der Waals surface area contributed by atoms with Crippen molar-refractivity contribution in [2.24, 2.45) is 10.1 Å². The summed E-state index contributed by atoms with van der Waals surface area (Å²) in [5, 5.41) is 16.0. The summed E-state index contributed by atoms with van der Waals surface area (Å²) in [6, 6.07) is 11.6. The fraction of sp³-hybridized carbons (Fsp3) is 0.231. The molecular formula is C26H29N6O2S+. The average molecular weight is 490 g/mol. The van der Waals surface area contributed by atoms with Crippen LogP contribution < -0.4 is 14.9 Å². The molecule has 0 saturated carbocycles. The van der Waals surface area contributed by atoms with Crippen LogP contribution in [0.25, 0.3) is 0 Å². The van der Waals surface area contributed by atoms with Crippen molar-refractivity contribution in [2.75, 3.05) is 12.4 Å². The number of primary sulfonamides is 1. The Kier molecular flexibility index (Phi) is 5.71. The Morgan fingerprint density at radius 1 is 1.20 bits per heavy atom. The molecule has 1 aromatic heterocycles. The summed E-state index contributed by atoms with van der Waals surface area (Å²) in [5.74, 6) is 0. The summed E-state index contributed by atoms with van der Waals surface area (Å²) in [4.78, 5) is 4.63. The van der Waals surface area contributed by atoms with Crippen LogP contribution in [0.3, 0.4) is 0 Å². The number of nitrogens with zero attached hydrogens (tertiary/aromatic N) is 3. The number of allylic oxidation sites excluding steroid dienone is 1. The van der Waals surface area contributed by atoms with Gasteiger partial charge in [-0.15, -0.1) is 0 Å². The van der Waals surface area contributed by atoms with Crippen LogP contribution >= 0.6 is 0 Å². The maximum atomic E-state index is 12.3. The number of sulfonamides is 1. The maximum absolute atomic E-state index is 12.3. The van der Waals surface area contributed by atoms with Gasteiger partial charge in [0.25, 0.3) is 0 Å². The highest BCUT2D eigenvalue weighted by atomic mass is 32.2. The summed E-state index contributed by atoms with van der Waals surface area (Å²) < 4.78 is 25.0. The van der Waals surface area contributed by atoms with Crippen molar-refractivity contribution in [1.82, 2.24) is 14.7 Å². The van der Waals surface area contributed by atoms with E-state index in [1.807, 2.05) is 37.0 Å². The second-order valence-corrected chi connectivity index (χ2v) is 10.7. The van der Waals surface area contributed by atoms with Crippen molar-refractivity contribution in [3.8, 4) is 0 Å². The van der Waals surface area contributed by atoms with Gasteiger partial charge in [0.05, 0.1) is 29.8 Å². The zero-order valence-corrected chi connectivity index (χ0v) is 20.6. The largest absolute Gasteiger partial charge is 0.352 e. The first kappa shape index (κ1) is 23.2. The van der Waals surface area contributed by atoms with Gasteiger partial charge in [0.1, 0.15) is 18.1 Å². The maximum Gasteiger partial charge on any atom is 0.238 e. The molecule has 8 nitrogen and oxygen atoms in total. The number of fused-ring (bicyclic) bond motifs is 1. The molecule has 2 aliphatic heterocycles. The van der Waals surface area contributed by atoms with E-state index in [-0.39, 0.29) is 4.90 Å². The molecule has 5 rings (SSSR count). The highest BCUT2D eigenvalue weighted by Gasteiger charge is 2.38. The van der Waals surface area contributed by atoms with Crippen LogP contribution in [0.15, 0.2) is 83.4 Å². The first-order valence-electron chi connectivity index (χ1n) is 11.6. The van der Waals surface area contributed by atoms with Gasteiger partial charge in [0.15, 0.2) is 11.4 Å². The molecule has 9 heteroatoms. The number of H-pyrrole nitrogens is 1. The number of hydrogen-bond acceptors (Lipinski definition) is 5.